The summed E-state index contributed by atoms with van der Waals surface area (Å²) in [7, 11) is 0. The van der Waals surface area contributed by atoms with Crippen LogP contribution < -0.4 is 16.0 Å². The zero-order valence-corrected chi connectivity index (χ0v) is 20.0. The number of rotatable bonds is 10. The number of carbonyl (C=O) groups excluding carboxylic acids is 2. The Morgan fingerprint density at radius 1 is 0.909 bits per heavy atom. The lowest BCUT2D eigenvalue weighted by Crippen LogP contribution is -2.37. The molecule has 180 valence electrons. The number of benzene rings is 2. The molecule has 2 aromatic carbocycles. The minimum absolute atomic E-state index is 0.0340. The van der Waals surface area contributed by atoms with E-state index in [9.17, 15) is 18.4 Å². The number of nitrogens with one attached hydrogen (secondary N) is 3. The van der Waals surface area contributed by atoms with E-state index in [1.807, 2.05) is 19.1 Å². The smallest absolute Gasteiger partial charge is 0.319 e. The quantitative estimate of drug-likeness (QED) is 0.418. The molecule has 2 rings (SSSR count). The number of hydrogen-bond donors (Lipinski definition) is 3. The molecule has 33 heavy (non-hydrogen) atoms. The van der Waals surface area contributed by atoms with Gasteiger partial charge >= 0.3 is 6.03 Å². The van der Waals surface area contributed by atoms with E-state index in [0.29, 0.717) is 24.8 Å². The van der Waals surface area contributed by atoms with Gasteiger partial charge in [-0.1, -0.05) is 52.0 Å². The van der Waals surface area contributed by atoms with Crippen LogP contribution in [0.3, 0.4) is 0 Å². The summed E-state index contributed by atoms with van der Waals surface area (Å²) in [6, 6.07) is 9.62. The molecule has 7 heteroatoms. The molecule has 0 heterocycles. The summed E-state index contributed by atoms with van der Waals surface area (Å²) in [6.07, 6.45) is 3.09. The monoisotopic (exact) mass is 459 g/mol. The first-order valence-electron chi connectivity index (χ1n) is 11.4. The fraction of sp³-hybridized carbons (Fsp3) is 0.462. The molecule has 5 nitrogen and oxygen atoms in total. The van der Waals surface area contributed by atoms with E-state index in [0.717, 1.165) is 24.5 Å². The topological polar surface area (TPSA) is 70.2 Å². The van der Waals surface area contributed by atoms with E-state index in [1.54, 1.807) is 0 Å². The maximum absolute atomic E-state index is 14.4. The van der Waals surface area contributed by atoms with E-state index in [-0.39, 0.29) is 30.1 Å². The lowest BCUT2D eigenvalue weighted by Gasteiger charge is -2.18. The number of anilines is 1. The van der Waals surface area contributed by atoms with Crippen molar-refractivity contribution in [1.82, 2.24) is 10.6 Å². The number of aryl methyl sites for hydroxylation is 2. The van der Waals surface area contributed by atoms with Gasteiger partial charge in [0, 0.05) is 25.6 Å². The Hall–Kier alpha value is -2.96. The predicted molar refractivity (Wildman–Crippen MR) is 128 cm³/mol. The molecule has 0 unspecified atom stereocenters. The Kier molecular flexibility index (Phi) is 9.82. The standard InChI is InChI=1S/C26H35F2N3O2/c1-5-6-23(32)29-13-14-30-25(33)31-24-20(15-21(27)16-22(24)28)12-11-18-7-9-19(10-8-18)17-26(2,3)4/h7-10,15-16H,5-6,11-14,17H2,1-4H3,(H,29,32)(H2,30,31,33). The van der Waals surface area contributed by atoms with Crippen molar-refractivity contribution < 1.29 is 18.4 Å². The largest absolute Gasteiger partial charge is 0.354 e. The number of amides is 3. The lowest BCUT2D eigenvalue weighted by atomic mass is 9.88. The Morgan fingerprint density at radius 2 is 1.55 bits per heavy atom. The molecule has 0 aliphatic carbocycles. The summed E-state index contributed by atoms with van der Waals surface area (Å²) in [5.74, 6) is -1.59. The van der Waals surface area contributed by atoms with Crippen LogP contribution in [0.5, 0.6) is 0 Å². The second kappa shape index (κ2) is 12.3. The minimum Gasteiger partial charge on any atom is -0.354 e. The Labute approximate surface area is 195 Å². The van der Waals surface area contributed by atoms with Gasteiger partial charge < -0.3 is 16.0 Å². The second-order valence-corrected chi connectivity index (χ2v) is 9.46. The molecule has 3 N–H and O–H groups in total. The Morgan fingerprint density at radius 3 is 2.18 bits per heavy atom. The van der Waals surface area contributed by atoms with Gasteiger partial charge in [-0.05, 0) is 53.9 Å². The molecule has 0 bridgehead atoms. The van der Waals surface area contributed by atoms with Gasteiger partial charge in [0.25, 0.3) is 0 Å². The molecule has 0 aliphatic heterocycles. The third kappa shape index (κ3) is 9.60. The van der Waals surface area contributed by atoms with Crippen LogP contribution in [-0.4, -0.2) is 25.0 Å². The lowest BCUT2D eigenvalue weighted by molar-refractivity contribution is -0.121. The van der Waals surface area contributed by atoms with Crippen LogP contribution >= 0.6 is 0 Å². The van der Waals surface area contributed by atoms with Crippen LogP contribution in [0, 0.1) is 17.0 Å². The SMILES string of the molecule is CCCC(=O)NCCNC(=O)Nc1c(F)cc(F)cc1CCc1ccc(CC(C)(C)C)cc1. The second-order valence-electron chi connectivity index (χ2n) is 9.46. The summed E-state index contributed by atoms with van der Waals surface area (Å²) in [5, 5.41) is 7.74. The first-order chi connectivity index (χ1) is 15.6. The van der Waals surface area contributed by atoms with E-state index in [2.05, 4.69) is 48.9 Å². The van der Waals surface area contributed by atoms with Gasteiger partial charge in [-0.3, -0.25) is 4.79 Å². The van der Waals surface area contributed by atoms with Crippen LogP contribution in [-0.2, 0) is 24.1 Å². The van der Waals surface area contributed by atoms with Gasteiger partial charge in [-0.2, -0.15) is 0 Å². The molecular weight excluding hydrogens is 424 g/mol. The molecule has 0 radical (unpaired) electrons. The van der Waals surface area contributed by atoms with Gasteiger partial charge in [-0.15, -0.1) is 0 Å². The van der Waals surface area contributed by atoms with Crippen molar-refractivity contribution in [3.63, 3.8) is 0 Å². The Balaban J connectivity index is 1.97. The average molecular weight is 460 g/mol. The summed E-state index contributed by atoms with van der Waals surface area (Å²) < 4.78 is 28.3. The van der Waals surface area contributed by atoms with E-state index < -0.39 is 17.7 Å². The van der Waals surface area contributed by atoms with Crippen molar-refractivity contribution in [1.29, 1.82) is 0 Å². The van der Waals surface area contributed by atoms with Crippen molar-refractivity contribution >= 4 is 17.6 Å². The fourth-order valence-electron chi connectivity index (χ4n) is 3.53. The van der Waals surface area contributed by atoms with Crippen LogP contribution in [0.1, 0.15) is 57.2 Å². The van der Waals surface area contributed by atoms with Gasteiger partial charge in [0.1, 0.15) is 11.6 Å². The Bertz CT molecular complexity index is 938. The third-order valence-electron chi connectivity index (χ3n) is 5.03. The predicted octanol–water partition coefficient (Wildman–Crippen LogP) is 5.38. The van der Waals surface area contributed by atoms with Crippen LogP contribution in [0.2, 0.25) is 0 Å². The van der Waals surface area contributed by atoms with Crippen molar-refractivity contribution in [3.05, 3.63) is 64.7 Å². The minimum atomic E-state index is -0.822. The molecule has 0 saturated heterocycles. The van der Waals surface area contributed by atoms with E-state index in [4.69, 9.17) is 0 Å². The molecular formula is C26H35F2N3O2. The summed E-state index contributed by atoms with van der Waals surface area (Å²) >= 11 is 0. The summed E-state index contributed by atoms with van der Waals surface area (Å²) in [4.78, 5) is 23.6. The van der Waals surface area contributed by atoms with Crippen LogP contribution in [0.25, 0.3) is 0 Å². The van der Waals surface area contributed by atoms with Crippen molar-refractivity contribution in [2.45, 2.75) is 59.8 Å². The van der Waals surface area contributed by atoms with E-state index in [1.165, 1.54) is 11.6 Å². The first-order valence-corrected chi connectivity index (χ1v) is 11.4. The highest BCUT2D eigenvalue weighted by Gasteiger charge is 2.15. The molecule has 0 fully saturated rings. The first kappa shape index (κ1) is 26.3. The highest BCUT2D eigenvalue weighted by Crippen LogP contribution is 2.24. The van der Waals surface area contributed by atoms with E-state index >= 15 is 0 Å². The maximum Gasteiger partial charge on any atom is 0.319 e. The van der Waals surface area contributed by atoms with Crippen LogP contribution in [0.15, 0.2) is 36.4 Å². The number of urea groups is 1. The summed E-state index contributed by atoms with van der Waals surface area (Å²) in [6.45, 7) is 8.94. The van der Waals surface area contributed by atoms with Gasteiger partial charge in [0.2, 0.25) is 5.91 Å². The number of hydrogen-bond acceptors (Lipinski definition) is 2. The number of carbonyl (C=O) groups is 2. The molecule has 0 aromatic heterocycles. The highest BCUT2D eigenvalue weighted by atomic mass is 19.1. The van der Waals surface area contributed by atoms with Gasteiger partial charge in [-0.25, -0.2) is 13.6 Å². The normalized spacial score (nSPS) is 11.2. The fourth-order valence-corrected chi connectivity index (χ4v) is 3.53. The van der Waals surface area contributed by atoms with Crippen molar-refractivity contribution in [3.8, 4) is 0 Å². The average Bonchev–Trinajstić information content (AvgIpc) is 2.72. The highest BCUT2D eigenvalue weighted by molar-refractivity contribution is 5.90. The zero-order valence-electron chi connectivity index (χ0n) is 20.0. The molecule has 3 amide bonds. The van der Waals surface area contributed by atoms with Crippen LogP contribution in [0.4, 0.5) is 19.3 Å². The third-order valence-corrected chi connectivity index (χ3v) is 5.03. The molecule has 0 aliphatic rings. The molecule has 0 saturated carbocycles. The van der Waals surface area contributed by atoms with Crippen molar-refractivity contribution in [2.75, 3.05) is 18.4 Å². The summed E-state index contributed by atoms with van der Waals surface area (Å²) in [5.41, 5.74) is 2.84. The number of halogens is 2. The maximum atomic E-state index is 14.4. The molecule has 2 aromatic rings. The molecule has 0 spiro atoms. The van der Waals surface area contributed by atoms with Crippen molar-refractivity contribution in [2.24, 2.45) is 5.41 Å². The van der Waals surface area contributed by atoms with Gasteiger partial charge in [0.15, 0.2) is 0 Å². The molecule has 0 atom stereocenters. The van der Waals surface area contributed by atoms with Gasteiger partial charge in [0.05, 0.1) is 5.69 Å². The zero-order chi connectivity index (χ0) is 24.4.